The number of aryl methyl sites for hydroxylation is 2. The van der Waals surface area contributed by atoms with Gasteiger partial charge in [-0.2, -0.15) is 0 Å². The zero-order valence-corrected chi connectivity index (χ0v) is 15.6. The van der Waals surface area contributed by atoms with Gasteiger partial charge in [0.05, 0.1) is 16.3 Å². The SMILES string of the molecule is O=C(c1ccc2c(c1)CCCC2)N1CCC[C@@H]1c1nc2ccccc2s1. The van der Waals surface area contributed by atoms with Crippen LogP contribution in [0.1, 0.15) is 58.2 Å². The Morgan fingerprint density at radius 3 is 2.77 bits per heavy atom. The number of para-hydroxylation sites is 1. The summed E-state index contributed by atoms with van der Waals surface area (Å²) in [5.74, 6) is 0.167. The van der Waals surface area contributed by atoms with Crippen LogP contribution in [0.4, 0.5) is 0 Å². The smallest absolute Gasteiger partial charge is 0.254 e. The largest absolute Gasteiger partial charge is 0.329 e. The Hall–Kier alpha value is -2.20. The Balaban J connectivity index is 1.45. The average Bonchev–Trinajstić information content (AvgIpc) is 3.33. The van der Waals surface area contributed by atoms with Gasteiger partial charge in [-0.25, -0.2) is 4.98 Å². The van der Waals surface area contributed by atoms with Gasteiger partial charge in [-0.3, -0.25) is 4.79 Å². The van der Waals surface area contributed by atoms with Crippen LogP contribution in [0.5, 0.6) is 0 Å². The minimum Gasteiger partial charge on any atom is -0.329 e. The van der Waals surface area contributed by atoms with Gasteiger partial charge in [0.1, 0.15) is 5.01 Å². The first-order valence-electron chi connectivity index (χ1n) is 9.58. The lowest BCUT2D eigenvalue weighted by molar-refractivity contribution is 0.0735. The van der Waals surface area contributed by atoms with E-state index in [0.717, 1.165) is 48.3 Å². The third-order valence-electron chi connectivity index (χ3n) is 5.70. The van der Waals surface area contributed by atoms with E-state index in [-0.39, 0.29) is 11.9 Å². The van der Waals surface area contributed by atoms with Crippen molar-refractivity contribution in [2.24, 2.45) is 0 Å². The fourth-order valence-electron chi connectivity index (χ4n) is 4.33. The normalized spacial score (nSPS) is 19.7. The zero-order chi connectivity index (χ0) is 17.5. The number of hydrogen-bond acceptors (Lipinski definition) is 3. The number of fused-ring (bicyclic) bond motifs is 2. The highest BCUT2D eigenvalue weighted by Crippen LogP contribution is 2.37. The summed E-state index contributed by atoms with van der Waals surface area (Å²) >= 11 is 1.73. The molecule has 132 valence electrons. The standard InChI is InChI=1S/C22H22N2OS/c25-22(17-12-11-15-6-1-2-7-16(15)14-17)24-13-5-9-19(24)21-23-18-8-3-4-10-20(18)26-21/h3-4,8,10-12,14,19H,1-2,5-7,9,13H2/t19-/m1/s1. The van der Waals surface area contributed by atoms with Crippen LogP contribution in [0.3, 0.4) is 0 Å². The van der Waals surface area contributed by atoms with E-state index in [0.29, 0.717) is 0 Å². The van der Waals surface area contributed by atoms with Crippen LogP contribution in [0.2, 0.25) is 0 Å². The predicted molar refractivity (Wildman–Crippen MR) is 106 cm³/mol. The molecule has 0 bridgehead atoms. The topological polar surface area (TPSA) is 33.2 Å². The third kappa shape index (κ3) is 2.73. The van der Waals surface area contributed by atoms with Gasteiger partial charge in [0.15, 0.2) is 0 Å². The van der Waals surface area contributed by atoms with Crippen LogP contribution in [0.25, 0.3) is 10.2 Å². The molecule has 26 heavy (non-hydrogen) atoms. The van der Waals surface area contributed by atoms with E-state index in [1.807, 2.05) is 17.0 Å². The molecule has 2 aliphatic rings. The Kier molecular flexibility index (Phi) is 4.01. The van der Waals surface area contributed by atoms with Crippen molar-refractivity contribution in [1.82, 2.24) is 9.88 Å². The van der Waals surface area contributed by atoms with Crippen molar-refractivity contribution >= 4 is 27.5 Å². The molecule has 2 heterocycles. The van der Waals surface area contributed by atoms with Crippen molar-refractivity contribution in [1.29, 1.82) is 0 Å². The van der Waals surface area contributed by atoms with Crippen LogP contribution in [-0.2, 0) is 12.8 Å². The first-order valence-corrected chi connectivity index (χ1v) is 10.4. The Morgan fingerprint density at radius 2 is 1.88 bits per heavy atom. The summed E-state index contributed by atoms with van der Waals surface area (Å²) in [6.07, 6.45) is 6.84. The van der Waals surface area contributed by atoms with Crippen LogP contribution >= 0.6 is 11.3 Å². The van der Waals surface area contributed by atoms with E-state index in [1.165, 1.54) is 28.7 Å². The van der Waals surface area contributed by atoms with Crippen molar-refractivity contribution in [2.45, 2.75) is 44.6 Å². The van der Waals surface area contributed by atoms with Gasteiger partial charge in [0, 0.05) is 12.1 Å². The molecule has 4 heteroatoms. The molecule has 1 atom stereocenters. The lowest BCUT2D eigenvalue weighted by Gasteiger charge is -2.24. The van der Waals surface area contributed by atoms with Gasteiger partial charge < -0.3 is 4.90 Å². The number of thiazole rings is 1. The monoisotopic (exact) mass is 362 g/mol. The Bertz CT molecular complexity index is 944. The molecule has 0 unspecified atom stereocenters. The predicted octanol–water partition coefficient (Wildman–Crippen LogP) is 5.15. The molecule has 2 aromatic carbocycles. The molecule has 3 nitrogen and oxygen atoms in total. The number of hydrogen-bond donors (Lipinski definition) is 0. The van der Waals surface area contributed by atoms with E-state index in [2.05, 4.69) is 30.3 Å². The summed E-state index contributed by atoms with van der Waals surface area (Å²) in [4.78, 5) is 20.1. The Labute approximate surface area is 157 Å². The van der Waals surface area contributed by atoms with E-state index < -0.39 is 0 Å². The maximum absolute atomic E-state index is 13.2. The summed E-state index contributed by atoms with van der Waals surface area (Å²) in [5.41, 5.74) is 4.69. The highest BCUT2D eigenvalue weighted by atomic mass is 32.1. The van der Waals surface area contributed by atoms with Gasteiger partial charge in [-0.05, 0) is 73.9 Å². The van der Waals surface area contributed by atoms with E-state index in [9.17, 15) is 4.79 Å². The van der Waals surface area contributed by atoms with Gasteiger partial charge in [0.25, 0.3) is 5.91 Å². The molecular formula is C22H22N2OS. The molecule has 3 aromatic rings. The second kappa shape index (κ2) is 6.51. The number of rotatable bonds is 2. The number of likely N-dealkylation sites (tertiary alicyclic amines) is 1. The van der Waals surface area contributed by atoms with Gasteiger partial charge >= 0.3 is 0 Å². The van der Waals surface area contributed by atoms with Crippen LogP contribution in [0.15, 0.2) is 42.5 Å². The highest BCUT2D eigenvalue weighted by Gasteiger charge is 2.33. The first kappa shape index (κ1) is 16.0. The molecule has 0 N–H and O–H groups in total. The van der Waals surface area contributed by atoms with E-state index >= 15 is 0 Å². The number of carbonyl (C=O) groups is 1. The van der Waals surface area contributed by atoms with Crippen LogP contribution in [0, 0.1) is 0 Å². The molecule has 1 aromatic heterocycles. The van der Waals surface area contributed by atoms with Crippen LogP contribution < -0.4 is 0 Å². The van der Waals surface area contributed by atoms with Gasteiger partial charge in [-0.15, -0.1) is 11.3 Å². The zero-order valence-electron chi connectivity index (χ0n) is 14.8. The second-order valence-corrected chi connectivity index (χ2v) is 8.43. The first-order chi connectivity index (χ1) is 12.8. The quantitative estimate of drug-likeness (QED) is 0.631. The fourth-order valence-corrected chi connectivity index (χ4v) is 5.45. The number of nitrogens with zero attached hydrogens (tertiary/aromatic N) is 2. The summed E-state index contributed by atoms with van der Waals surface area (Å²) in [5, 5.41) is 1.08. The molecule has 0 radical (unpaired) electrons. The van der Waals surface area contributed by atoms with E-state index in [1.54, 1.807) is 11.3 Å². The van der Waals surface area contributed by atoms with E-state index in [4.69, 9.17) is 4.98 Å². The second-order valence-electron chi connectivity index (χ2n) is 7.37. The van der Waals surface area contributed by atoms with Crippen molar-refractivity contribution in [2.75, 3.05) is 6.54 Å². The molecule has 5 rings (SSSR count). The number of carbonyl (C=O) groups excluding carboxylic acids is 1. The molecule has 1 amide bonds. The summed E-state index contributed by atoms with van der Waals surface area (Å²) in [7, 11) is 0. The molecule has 1 aliphatic heterocycles. The fraction of sp³-hybridized carbons (Fsp3) is 0.364. The number of benzene rings is 2. The lowest BCUT2D eigenvalue weighted by Crippen LogP contribution is -2.30. The number of amides is 1. The summed E-state index contributed by atoms with van der Waals surface area (Å²) < 4.78 is 1.20. The molecule has 1 saturated heterocycles. The van der Waals surface area contributed by atoms with Gasteiger partial charge in [0.2, 0.25) is 0 Å². The lowest BCUT2D eigenvalue weighted by atomic mass is 9.90. The Morgan fingerprint density at radius 1 is 1.04 bits per heavy atom. The molecule has 0 spiro atoms. The van der Waals surface area contributed by atoms with Crippen molar-refractivity contribution in [3.05, 3.63) is 64.2 Å². The third-order valence-corrected chi connectivity index (χ3v) is 6.84. The maximum Gasteiger partial charge on any atom is 0.254 e. The summed E-state index contributed by atoms with van der Waals surface area (Å²) in [6.45, 7) is 0.830. The molecular weight excluding hydrogens is 340 g/mol. The minimum atomic E-state index is 0.121. The average molecular weight is 362 g/mol. The van der Waals surface area contributed by atoms with Gasteiger partial charge in [-0.1, -0.05) is 18.2 Å². The number of aromatic nitrogens is 1. The molecule has 0 saturated carbocycles. The van der Waals surface area contributed by atoms with Crippen molar-refractivity contribution < 1.29 is 4.79 Å². The molecule has 1 aliphatic carbocycles. The molecule has 1 fully saturated rings. The minimum absolute atomic E-state index is 0.121. The van der Waals surface area contributed by atoms with Crippen molar-refractivity contribution in [3.8, 4) is 0 Å². The summed E-state index contributed by atoms with van der Waals surface area (Å²) in [6, 6.07) is 14.7. The highest BCUT2D eigenvalue weighted by molar-refractivity contribution is 7.18. The maximum atomic E-state index is 13.2. The van der Waals surface area contributed by atoms with Crippen LogP contribution in [-0.4, -0.2) is 22.3 Å². The van der Waals surface area contributed by atoms with Crippen molar-refractivity contribution in [3.63, 3.8) is 0 Å².